The van der Waals surface area contributed by atoms with Gasteiger partial charge in [-0.2, -0.15) is 0 Å². The molecule has 0 aliphatic carbocycles. The molecule has 2 aromatic heterocycles. The number of carbonyl (C=O) groups excluding carboxylic acids is 2. The smallest absolute Gasteiger partial charge is 0.374 e. The molecule has 0 saturated carbocycles. The Bertz CT molecular complexity index is 960. The van der Waals surface area contributed by atoms with Crippen molar-refractivity contribution in [1.29, 1.82) is 0 Å². The van der Waals surface area contributed by atoms with E-state index in [4.69, 9.17) is 9.47 Å². The first-order valence-electron chi connectivity index (χ1n) is 9.72. The van der Waals surface area contributed by atoms with E-state index in [1.165, 1.54) is 11.3 Å². The highest BCUT2D eigenvalue weighted by molar-refractivity contribution is 7.20. The molecule has 0 bridgehead atoms. The molecule has 28 heavy (non-hydrogen) atoms. The number of hydrogen-bond donors (Lipinski definition) is 1. The van der Waals surface area contributed by atoms with E-state index >= 15 is 0 Å². The fourth-order valence-corrected chi connectivity index (χ4v) is 5.03. The normalized spacial score (nSPS) is 20.1. The molecule has 2 aromatic rings. The lowest BCUT2D eigenvalue weighted by Gasteiger charge is -2.29. The number of carbonyl (C=O) groups is 2. The summed E-state index contributed by atoms with van der Waals surface area (Å²) in [7, 11) is 0. The van der Waals surface area contributed by atoms with Gasteiger partial charge in [0.2, 0.25) is 5.82 Å². The molecular weight excluding hydrogens is 382 g/mol. The van der Waals surface area contributed by atoms with Crippen LogP contribution in [0.4, 0.5) is 0 Å². The number of amides is 1. The Morgan fingerprint density at radius 3 is 2.96 bits per heavy atom. The Morgan fingerprint density at radius 2 is 2.21 bits per heavy atom. The standard InChI is InChI=1S/C19H23N3O5S/c1-2-26-19(25)15-20-16(23)13-12-7-5-8-22(10-11-6-3-4-9-27-11)18(24)14(12)28-17(13)21-15/h11H,2-10H2,1H3,(H,20,21,23). The summed E-state index contributed by atoms with van der Waals surface area (Å²) < 4.78 is 10.7. The summed E-state index contributed by atoms with van der Waals surface area (Å²) in [6.07, 6.45) is 4.64. The van der Waals surface area contributed by atoms with Crippen LogP contribution >= 0.6 is 11.3 Å². The van der Waals surface area contributed by atoms with Crippen molar-refractivity contribution in [3.05, 3.63) is 26.6 Å². The second-order valence-corrected chi connectivity index (χ2v) is 8.07. The number of rotatable bonds is 4. The molecule has 2 aliphatic heterocycles. The molecule has 1 amide bonds. The van der Waals surface area contributed by atoms with Gasteiger partial charge in [-0.05, 0) is 44.6 Å². The van der Waals surface area contributed by atoms with E-state index in [2.05, 4.69) is 9.97 Å². The molecule has 1 atom stereocenters. The Labute approximate surface area is 165 Å². The van der Waals surface area contributed by atoms with Gasteiger partial charge in [0.1, 0.15) is 4.83 Å². The van der Waals surface area contributed by atoms with Crippen molar-refractivity contribution < 1.29 is 19.1 Å². The van der Waals surface area contributed by atoms with Crippen molar-refractivity contribution in [2.24, 2.45) is 0 Å². The van der Waals surface area contributed by atoms with E-state index in [0.717, 1.165) is 37.9 Å². The molecule has 4 rings (SSSR count). The largest absolute Gasteiger partial charge is 0.460 e. The molecule has 1 saturated heterocycles. The number of nitrogens with one attached hydrogen (secondary N) is 1. The fourth-order valence-electron chi connectivity index (χ4n) is 3.83. The minimum absolute atomic E-state index is 0.0746. The van der Waals surface area contributed by atoms with Crippen LogP contribution in [0.3, 0.4) is 0 Å². The fraction of sp³-hybridized carbons (Fsp3) is 0.579. The molecule has 1 unspecified atom stereocenters. The van der Waals surface area contributed by atoms with Crippen LogP contribution in [0.15, 0.2) is 4.79 Å². The van der Waals surface area contributed by atoms with Gasteiger partial charge in [-0.15, -0.1) is 11.3 Å². The average molecular weight is 405 g/mol. The lowest BCUT2D eigenvalue weighted by Crippen LogP contribution is -2.39. The van der Waals surface area contributed by atoms with Gasteiger partial charge in [-0.3, -0.25) is 9.59 Å². The Hall–Kier alpha value is -2.26. The monoisotopic (exact) mass is 405 g/mol. The van der Waals surface area contributed by atoms with Gasteiger partial charge in [-0.25, -0.2) is 9.78 Å². The number of esters is 1. The summed E-state index contributed by atoms with van der Waals surface area (Å²) >= 11 is 1.18. The highest BCUT2D eigenvalue weighted by Crippen LogP contribution is 2.32. The number of H-pyrrole nitrogens is 1. The average Bonchev–Trinajstić information content (AvgIpc) is 3.00. The molecule has 8 nitrogen and oxygen atoms in total. The number of ether oxygens (including phenoxy) is 2. The third-order valence-corrected chi connectivity index (χ3v) is 6.28. The van der Waals surface area contributed by atoms with Gasteiger partial charge in [0.25, 0.3) is 11.5 Å². The third kappa shape index (κ3) is 3.56. The van der Waals surface area contributed by atoms with Crippen molar-refractivity contribution in [1.82, 2.24) is 14.9 Å². The molecule has 1 fully saturated rings. The van der Waals surface area contributed by atoms with E-state index in [9.17, 15) is 14.4 Å². The molecule has 9 heteroatoms. The molecule has 0 aromatic carbocycles. The number of nitrogens with zero attached hydrogens (tertiary/aromatic N) is 2. The zero-order chi connectivity index (χ0) is 19.7. The predicted molar refractivity (Wildman–Crippen MR) is 104 cm³/mol. The number of aromatic amines is 1. The second kappa shape index (κ2) is 8.00. The first kappa shape index (κ1) is 19.1. The summed E-state index contributed by atoms with van der Waals surface area (Å²) in [4.78, 5) is 47.3. The van der Waals surface area contributed by atoms with Crippen LogP contribution in [-0.4, -0.2) is 59.2 Å². The lowest BCUT2D eigenvalue weighted by molar-refractivity contribution is -0.00358. The lowest BCUT2D eigenvalue weighted by atomic mass is 10.1. The maximum Gasteiger partial charge on any atom is 0.374 e. The van der Waals surface area contributed by atoms with Gasteiger partial charge < -0.3 is 19.4 Å². The molecule has 0 radical (unpaired) electrons. The first-order valence-corrected chi connectivity index (χ1v) is 10.5. The van der Waals surface area contributed by atoms with Crippen molar-refractivity contribution >= 4 is 33.4 Å². The van der Waals surface area contributed by atoms with Gasteiger partial charge in [0.05, 0.1) is 23.0 Å². The minimum atomic E-state index is -0.674. The van der Waals surface area contributed by atoms with E-state index < -0.39 is 11.5 Å². The summed E-state index contributed by atoms with van der Waals surface area (Å²) in [6, 6.07) is 0. The predicted octanol–water partition coefficient (Wildman–Crippen LogP) is 2.12. The number of fused-ring (bicyclic) bond motifs is 3. The highest BCUT2D eigenvalue weighted by atomic mass is 32.1. The van der Waals surface area contributed by atoms with E-state index in [0.29, 0.717) is 34.6 Å². The van der Waals surface area contributed by atoms with Gasteiger partial charge in [0, 0.05) is 19.7 Å². The van der Waals surface area contributed by atoms with Crippen LogP contribution in [0.1, 0.15) is 58.5 Å². The van der Waals surface area contributed by atoms with Gasteiger partial charge >= 0.3 is 5.97 Å². The summed E-state index contributed by atoms with van der Waals surface area (Å²) in [6.45, 7) is 3.85. The molecule has 1 N–H and O–H groups in total. The molecule has 4 heterocycles. The summed E-state index contributed by atoms with van der Waals surface area (Å²) in [5.41, 5.74) is 0.337. The van der Waals surface area contributed by atoms with Crippen LogP contribution in [0.2, 0.25) is 0 Å². The molecule has 2 aliphatic rings. The van der Waals surface area contributed by atoms with Gasteiger partial charge in [0.15, 0.2) is 0 Å². The van der Waals surface area contributed by atoms with Crippen molar-refractivity contribution in [3.8, 4) is 0 Å². The maximum atomic E-state index is 13.2. The Kier molecular flexibility index (Phi) is 5.45. The molecular formula is C19H23N3O5S. The van der Waals surface area contributed by atoms with Crippen LogP contribution in [0.5, 0.6) is 0 Å². The van der Waals surface area contributed by atoms with Crippen LogP contribution in [0.25, 0.3) is 10.2 Å². The van der Waals surface area contributed by atoms with E-state index in [1.807, 2.05) is 4.90 Å². The number of aromatic nitrogens is 2. The topological polar surface area (TPSA) is 102 Å². The van der Waals surface area contributed by atoms with Crippen LogP contribution in [-0.2, 0) is 15.9 Å². The Balaban J connectivity index is 1.68. The number of aryl methyl sites for hydroxylation is 1. The van der Waals surface area contributed by atoms with E-state index in [-0.39, 0.29) is 24.4 Å². The third-order valence-electron chi connectivity index (χ3n) is 5.16. The zero-order valence-corrected chi connectivity index (χ0v) is 16.6. The van der Waals surface area contributed by atoms with Crippen molar-refractivity contribution in [2.75, 3.05) is 26.3 Å². The van der Waals surface area contributed by atoms with Gasteiger partial charge in [-0.1, -0.05) is 0 Å². The summed E-state index contributed by atoms with van der Waals surface area (Å²) in [5, 5.41) is 0.414. The van der Waals surface area contributed by atoms with Crippen molar-refractivity contribution in [3.63, 3.8) is 0 Å². The van der Waals surface area contributed by atoms with Crippen LogP contribution < -0.4 is 5.56 Å². The highest BCUT2D eigenvalue weighted by Gasteiger charge is 2.30. The van der Waals surface area contributed by atoms with E-state index in [1.54, 1.807) is 6.92 Å². The van der Waals surface area contributed by atoms with Crippen LogP contribution in [0, 0.1) is 0 Å². The summed E-state index contributed by atoms with van der Waals surface area (Å²) in [5.74, 6) is -0.884. The minimum Gasteiger partial charge on any atom is -0.460 e. The molecule has 0 spiro atoms. The maximum absolute atomic E-state index is 13.2. The zero-order valence-electron chi connectivity index (χ0n) is 15.8. The second-order valence-electron chi connectivity index (χ2n) is 7.07. The Morgan fingerprint density at radius 1 is 1.36 bits per heavy atom. The molecule has 150 valence electrons. The SMILES string of the molecule is CCOC(=O)c1nc2sc3c(c2c(=O)[nH]1)CCCN(CC1CCCCO1)C3=O. The van der Waals surface area contributed by atoms with Crippen molar-refractivity contribution in [2.45, 2.75) is 45.1 Å². The first-order chi connectivity index (χ1) is 13.6. The number of hydrogen-bond acceptors (Lipinski definition) is 7. The number of thiophene rings is 1. The quantitative estimate of drug-likeness (QED) is 0.782.